The van der Waals surface area contributed by atoms with Gasteiger partial charge in [0.15, 0.2) is 5.96 Å². The average molecular weight is 429 g/mol. The van der Waals surface area contributed by atoms with Crippen molar-refractivity contribution in [2.45, 2.75) is 39.3 Å². The van der Waals surface area contributed by atoms with Crippen LogP contribution in [0.1, 0.15) is 43.9 Å². The summed E-state index contributed by atoms with van der Waals surface area (Å²) >= 11 is 0. The quantitative estimate of drug-likeness (QED) is 0.564. The molecule has 0 amide bonds. The monoisotopic (exact) mass is 428 g/mol. The van der Waals surface area contributed by atoms with Crippen LogP contribution in [0.4, 0.5) is 0 Å². The molecule has 170 valence electrons. The molecule has 4 rings (SSSR count). The third-order valence-corrected chi connectivity index (χ3v) is 6.45. The number of nitrogens with one attached hydrogen (secondary N) is 1. The van der Waals surface area contributed by atoms with E-state index in [4.69, 9.17) is 14.1 Å². The predicted molar refractivity (Wildman–Crippen MR) is 121 cm³/mol. The molecule has 0 saturated carbocycles. The molecule has 0 aliphatic carbocycles. The van der Waals surface area contributed by atoms with Crippen LogP contribution in [0.25, 0.3) is 0 Å². The molecule has 2 aliphatic heterocycles. The van der Waals surface area contributed by atoms with Crippen LogP contribution < -0.4 is 5.32 Å². The normalized spacial score (nSPS) is 24.4. The fraction of sp³-hybridized carbons (Fsp3) is 0.652. The third-order valence-electron chi connectivity index (χ3n) is 6.45. The highest BCUT2D eigenvalue weighted by atomic mass is 16.5. The summed E-state index contributed by atoms with van der Waals surface area (Å²) in [4.78, 5) is 14.2. The second kappa shape index (κ2) is 10.3. The van der Waals surface area contributed by atoms with Crippen molar-refractivity contribution in [3.8, 4) is 0 Å². The van der Waals surface area contributed by atoms with Gasteiger partial charge in [-0.1, -0.05) is 6.92 Å². The van der Waals surface area contributed by atoms with E-state index in [1.54, 1.807) is 0 Å². The number of guanidine groups is 1. The van der Waals surface area contributed by atoms with Crippen LogP contribution in [0.15, 0.2) is 40.3 Å². The minimum absolute atomic E-state index is 0.124. The Labute approximate surface area is 185 Å². The largest absolute Gasteiger partial charge is 0.465 e. The van der Waals surface area contributed by atoms with Gasteiger partial charge in [0, 0.05) is 45.1 Å². The molecule has 8 heteroatoms. The Bertz CT molecular complexity index is 827. The number of hydrogen-bond acceptors (Lipinski definition) is 5. The van der Waals surface area contributed by atoms with Crippen molar-refractivity contribution < 1.29 is 9.15 Å². The zero-order valence-corrected chi connectivity index (χ0v) is 19.0. The van der Waals surface area contributed by atoms with Crippen molar-refractivity contribution in [1.29, 1.82) is 0 Å². The number of hydrogen-bond donors (Lipinski definition) is 1. The first kappa shape index (κ1) is 21.9. The number of furan rings is 1. The minimum Gasteiger partial charge on any atom is -0.465 e. The van der Waals surface area contributed by atoms with Crippen molar-refractivity contribution in [3.05, 3.63) is 42.4 Å². The number of aromatic nitrogens is 2. The predicted octanol–water partition coefficient (Wildman–Crippen LogP) is 2.71. The molecule has 2 aromatic rings. The lowest BCUT2D eigenvalue weighted by atomic mass is 9.93. The van der Waals surface area contributed by atoms with Crippen molar-refractivity contribution >= 4 is 5.96 Å². The number of aliphatic imine (C=N–C) groups is 1. The molecule has 8 nitrogen and oxygen atoms in total. The van der Waals surface area contributed by atoms with Crippen molar-refractivity contribution in [1.82, 2.24) is 24.7 Å². The Kier molecular flexibility index (Phi) is 7.29. The van der Waals surface area contributed by atoms with Gasteiger partial charge in [0.05, 0.1) is 38.2 Å². The summed E-state index contributed by atoms with van der Waals surface area (Å²) in [7, 11) is 0. The maximum Gasteiger partial charge on any atom is 0.194 e. The van der Waals surface area contributed by atoms with E-state index < -0.39 is 0 Å². The first-order valence-corrected chi connectivity index (χ1v) is 11.5. The van der Waals surface area contributed by atoms with Crippen LogP contribution in [0.2, 0.25) is 0 Å². The standard InChI is InChI=1S/C23H36N6O2/c1-4-25-23(28-9-7-18(2)21(16-28)29-10-8-24-17-29)26-15-20(22-6-5-19(3)31-22)27-11-13-30-14-12-27/h5-6,8,10,17-18,20-21H,4,7,9,11-16H2,1-3H3,(H,25,26). The van der Waals surface area contributed by atoms with E-state index in [-0.39, 0.29) is 6.04 Å². The van der Waals surface area contributed by atoms with Gasteiger partial charge in [-0.25, -0.2) is 4.98 Å². The summed E-state index contributed by atoms with van der Waals surface area (Å²) < 4.78 is 13.8. The van der Waals surface area contributed by atoms with Gasteiger partial charge in [-0.3, -0.25) is 9.89 Å². The summed E-state index contributed by atoms with van der Waals surface area (Å²) in [6, 6.07) is 4.66. The molecule has 0 spiro atoms. The molecule has 0 aromatic carbocycles. The average Bonchev–Trinajstić information content (AvgIpc) is 3.47. The van der Waals surface area contributed by atoms with E-state index in [9.17, 15) is 0 Å². The lowest BCUT2D eigenvalue weighted by molar-refractivity contribution is 0.0134. The van der Waals surface area contributed by atoms with E-state index in [1.165, 1.54) is 0 Å². The summed E-state index contributed by atoms with van der Waals surface area (Å²) in [6.07, 6.45) is 7.01. The van der Waals surface area contributed by atoms with Gasteiger partial charge in [-0.2, -0.15) is 0 Å². The van der Waals surface area contributed by atoms with Gasteiger partial charge >= 0.3 is 0 Å². The summed E-state index contributed by atoms with van der Waals surface area (Å²) in [5.41, 5.74) is 0. The van der Waals surface area contributed by atoms with Gasteiger partial charge in [-0.05, 0) is 38.3 Å². The molecule has 2 aromatic heterocycles. The molecular formula is C23H36N6O2. The lowest BCUT2D eigenvalue weighted by Crippen LogP contribution is -2.49. The Hall–Kier alpha value is -2.32. The Morgan fingerprint density at radius 2 is 2.13 bits per heavy atom. The minimum atomic E-state index is 0.124. The van der Waals surface area contributed by atoms with Crippen molar-refractivity contribution in [2.24, 2.45) is 10.9 Å². The van der Waals surface area contributed by atoms with E-state index in [2.05, 4.69) is 50.8 Å². The van der Waals surface area contributed by atoms with Crippen LogP contribution in [0, 0.1) is 12.8 Å². The number of aryl methyl sites for hydroxylation is 1. The lowest BCUT2D eigenvalue weighted by Gasteiger charge is -2.39. The molecule has 3 unspecified atom stereocenters. The molecule has 2 fully saturated rings. The molecule has 0 radical (unpaired) electrons. The van der Waals surface area contributed by atoms with Crippen LogP contribution >= 0.6 is 0 Å². The second-order valence-electron chi connectivity index (χ2n) is 8.60. The molecular weight excluding hydrogens is 392 g/mol. The molecule has 3 atom stereocenters. The van der Waals surface area contributed by atoms with Crippen molar-refractivity contribution in [3.63, 3.8) is 0 Å². The Morgan fingerprint density at radius 1 is 1.29 bits per heavy atom. The van der Waals surface area contributed by atoms with Gasteiger partial charge in [-0.15, -0.1) is 0 Å². The van der Waals surface area contributed by atoms with E-state index in [0.29, 0.717) is 18.5 Å². The number of nitrogens with zero attached hydrogens (tertiary/aromatic N) is 5. The fourth-order valence-electron chi connectivity index (χ4n) is 4.60. The summed E-state index contributed by atoms with van der Waals surface area (Å²) in [5, 5.41) is 3.53. The number of likely N-dealkylation sites (tertiary alicyclic amines) is 1. The molecule has 31 heavy (non-hydrogen) atoms. The molecule has 4 heterocycles. The molecule has 1 N–H and O–H groups in total. The third kappa shape index (κ3) is 5.30. The highest BCUT2D eigenvalue weighted by molar-refractivity contribution is 5.80. The highest BCUT2D eigenvalue weighted by Crippen LogP contribution is 2.28. The van der Waals surface area contributed by atoms with Gasteiger partial charge in [0.2, 0.25) is 0 Å². The SMILES string of the molecule is CCNC(=NCC(c1ccc(C)o1)N1CCOCC1)N1CCC(C)C(n2ccnc2)C1. The van der Waals surface area contributed by atoms with Gasteiger partial charge < -0.3 is 23.9 Å². The smallest absolute Gasteiger partial charge is 0.194 e. The van der Waals surface area contributed by atoms with Gasteiger partial charge in [0.1, 0.15) is 11.5 Å². The van der Waals surface area contributed by atoms with Crippen LogP contribution in [0.3, 0.4) is 0 Å². The first-order valence-electron chi connectivity index (χ1n) is 11.5. The summed E-state index contributed by atoms with van der Waals surface area (Å²) in [5.74, 6) is 3.53. The molecule has 2 saturated heterocycles. The zero-order valence-electron chi connectivity index (χ0n) is 19.0. The van der Waals surface area contributed by atoms with Crippen LogP contribution in [-0.2, 0) is 4.74 Å². The molecule has 2 aliphatic rings. The topological polar surface area (TPSA) is 71.1 Å². The van der Waals surface area contributed by atoms with E-state index >= 15 is 0 Å². The van der Waals surface area contributed by atoms with Crippen molar-refractivity contribution in [2.75, 3.05) is 52.5 Å². The number of rotatable bonds is 6. The van der Waals surface area contributed by atoms with Gasteiger partial charge in [0.25, 0.3) is 0 Å². The van der Waals surface area contributed by atoms with E-state index in [1.807, 2.05) is 25.5 Å². The Balaban J connectivity index is 1.52. The maximum atomic E-state index is 6.02. The summed E-state index contributed by atoms with van der Waals surface area (Å²) in [6.45, 7) is 13.3. The Morgan fingerprint density at radius 3 is 2.81 bits per heavy atom. The fourth-order valence-corrected chi connectivity index (χ4v) is 4.60. The van der Waals surface area contributed by atoms with E-state index in [0.717, 1.165) is 69.8 Å². The first-order chi connectivity index (χ1) is 15.2. The number of ether oxygens (including phenoxy) is 1. The maximum absolute atomic E-state index is 6.02. The second-order valence-corrected chi connectivity index (χ2v) is 8.60. The highest BCUT2D eigenvalue weighted by Gasteiger charge is 2.30. The molecule has 0 bridgehead atoms. The zero-order chi connectivity index (χ0) is 21.6. The number of piperidine rings is 1. The van der Waals surface area contributed by atoms with Crippen LogP contribution in [0.5, 0.6) is 0 Å². The number of imidazole rings is 1. The number of morpholine rings is 1. The van der Waals surface area contributed by atoms with Crippen LogP contribution in [-0.4, -0.2) is 77.8 Å².